The zero-order valence-electron chi connectivity index (χ0n) is 33.1. The normalized spacial score (nSPS) is 13.4. The first-order valence-corrected chi connectivity index (χ1v) is 18.1. The number of carboxylic acid groups (broad SMARTS) is 1. The molecule has 3 amide bonds. The Labute approximate surface area is 334 Å². The smallest absolute Gasteiger partial charge is 0.303 e. The average Bonchev–Trinajstić information content (AvgIpc) is 3.14. The highest BCUT2D eigenvalue weighted by Gasteiger charge is 2.26. The summed E-state index contributed by atoms with van der Waals surface area (Å²) in [6.07, 6.45) is 0.899. The van der Waals surface area contributed by atoms with Gasteiger partial charge in [-0.15, -0.1) is 12.4 Å². The molecule has 0 fully saturated rings. The van der Waals surface area contributed by atoms with Gasteiger partial charge >= 0.3 is 5.97 Å². The van der Waals surface area contributed by atoms with Gasteiger partial charge in [-0.25, -0.2) is 0 Å². The minimum atomic E-state index is -1.05. The van der Waals surface area contributed by atoms with Crippen molar-refractivity contribution in [2.75, 3.05) is 28.2 Å². The lowest BCUT2D eigenvalue weighted by molar-refractivity contribution is -0.140. The van der Waals surface area contributed by atoms with Gasteiger partial charge < -0.3 is 36.2 Å². The summed E-state index contributed by atoms with van der Waals surface area (Å²) in [5, 5.41) is 30.5. The van der Waals surface area contributed by atoms with E-state index in [4.69, 9.17) is 10.8 Å². The summed E-state index contributed by atoms with van der Waals surface area (Å²) in [6, 6.07) is 17.0. The van der Waals surface area contributed by atoms with Crippen LogP contribution in [0.3, 0.4) is 0 Å². The van der Waals surface area contributed by atoms with Crippen LogP contribution in [0.5, 0.6) is 0 Å². The predicted octanol–water partition coefficient (Wildman–Crippen LogP) is 5.13. The van der Waals surface area contributed by atoms with Crippen LogP contribution in [0.25, 0.3) is 0 Å². The van der Waals surface area contributed by atoms with E-state index in [0.717, 1.165) is 31.2 Å². The van der Waals surface area contributed by atoms with E-state index in [-0.39, 0.29) is 80.7 Å². The number of aliphatic carboxylic acids is 1. The lowest BCUT2D eigenvalue weighted by Crippen LogP contribution is -2.40. The van der Waals surface area contributed by atoms with E-state index in [1.165, 1.54) is 9.80 Å². The van der Waals surface area contributed by atoms with Gasteiger partial charge in [0.05, 0.1) is 6.42 Å². The van der Waals surface area contributed by atoms with Crippen LogP contribution in [-0.4, -0.2) is 101 Å². The van der Waals surface area contributed by atoms with E-state index in [1.807, 2.05) is 57.2 Å². The molecule has 0 bridgehead atoms. The van der Waals surface area contributed by atoms with Gasteiger partial charge in [-0.2, -0.15) is 0 Å². The molecule has 0 aromatic heterocycles. The summed E-state index contributed by atoms with van der Waals surface area (Å²) in [7, 11) is 6.65. The number of hydrogen-bond acceptors (Lipinski definition) is 9. The number of carbonyl (C=O) groups excluding carboxylic acids is 5. The second kappa shape index (κ2) is 30.1. The number of benzene rings is 2. The Bertz CT molecular complexity index is 1410. The molecule has 13 nitrogen and oxygen atoms in total. The molecule has 0 aliphatic rings. The van der Waals surface area contributed by atoms with Crippen molar-refractivity contribution in [2.24, 2.45) is 17.6 Å². The number of amides is 3. The second-order valence-electron chi connectivity index (χ2n) is 13.5. The summed E-state index contributed by atoms with van der Waals surface area (Å²) < 4.78 is 0. The number of halogens is 1. The number of hydrogen-bond donors (Lipinski definition) is 5. The summed E-state index contributed by atoms with van der Waals surface area (Å²) in [5.41, 5.74) is 7.28. The molecular formula is C41H67ClN4O9. The third kappa shape index (κ3) is 22.1. The molecule has 0 aliphatic heterocycles. The number of carbonyl (C=O) groups is 6. The summed E-state index contributed by atoms with van der Waals surface area (Å²) in [4.78, 5) is 72.5. The van der Waals surface area contributed by atoms with Crippen LogP contribution in [-0.2, 0) is 28.8 Å². The fourth-order valence-electron chi connectivity index (χ4n) is 5.13. The average molecular weight is 795 g/mol. The van der Waals surface area contributed by atoms with Gasteiger partial charge in [0.15, 0.2) is 11.6 Å². The maximum Gasteiger partial charge on any atom is 0.303 e. The maximum absolute atomic E-state index is 12.4. The van der Waals surface area contributed by atoms with Gasteiger partial charge in [0.25, 0.3) is 0 Å². The quantitative estimate of drug-likeness (QED) is 0.127. The van der Waals surface area contributed by atoms with Crippen molar-refractivity contribution in [3.8, 4) is 0 Å². The monoisotopic (exact) mass is 794 g/mol. The number of ketones is 2. The maximum atomic E-state index is 12.4. The van der Waals surface area contributed by atoms with Crippen molar-refractivity contribution in [1.82, 2.24) is 15.1 Å². The summed E-state index contributed by atoms with van der Waals surface area (Å²) >= 11 is 0. The number of carboxylic acids is 1. The molecule has 55 heavy (non-hydrogen) atoms. The van der Waals surface area contributed by atoms with Crippen molar-refractivity contribution in [3.05, 3.63) is 71.8 Å². The zero-order valence-corrected chi connectivity index (χ0v) is 33.9. The summed E-state index contributed by atoms with van der Waals surface area (Å²) in [6.45, 7) is 7.59. The number of likely N-dealkylation sites (N-methyl/N-ethyl adjacent to an activating group) is 2. The van der Waals surface area contributed by atoms with Gasteiger partial charge in [-0.05, 0) is 35.8 Å². The zero-order chi connectivity index (χ0) is 40.7. The molecule has 2 rings (SSSR count). The molecule has 14 heteroatoms. The van der Waals surface area contributed by atoms with E-state index in [9.17, 15) is 39.0 Å². The molecule has 6 N–H and O–H groups in total. The lowest BCUT2D eigenvalue weighted by Gasteiger charge is -2.22. The SMILES string of the molecule is C.CCCC(C)C(O)C(=O)CCC(=O)N[C@H](C(=O)N(C)C)c1ccccc1.CCCC(C)C(O)C(=O)CCC(=O)O.CN(C)C(=O)[C@@H](N)c1ccccc1.Cl. The Hall–Kier alpha value is -4.17. The van der Waals surface area contributed by atoms with E-state index in [0.29, 0.717) is 5.56 Å². The molecule has 2 aromatic carbocycles. The van der Waals surface area contributed by atoms with Crippen molar-refractivity contribution >= 4 is 47.7 Å². The fourth-order valence-corrected chi connectivity index (χ4v) is 5.13. The van der Waals surface area contributed by atoms with Crippen LogP contribution in [0, 0.1) is 11.8 Å². The van der Waals surface area contributed by atoms with Gasteiger partial charge in [-0.1, -0.05) is 109 Å². The predicted molar refractivity (Wildman–Crippen MR) is 218 cm³/mol. The highest BCUT2D eigenvalue weighted by atomic mass is 35.5. The minimum Gasteiger partial charge on any atom is -0.481 e. The molecule has 0 saturated heterocycles. The van der Waals surface area contributed by atoms with Crippen LogP contribution in [0.15, 0.2) is 60.7 Å². The fraction of sp³-hybridized carbons (Fsp3) is 0.561. The van der Waals surface area contributed by atoms with Gasteiger partial charge in [0.1, 0.15) is 24.3 Å². The molecule has 0 saturated carbocycles. The standard InChI is InChI=1S/C20H30N2O4.C10H14N2O.C10H18O4.CH4.ClH/c1-5-9-14(2)19(25)16(23)12-13-17(24)21-18(20(26)22(3)4)15-10-7-6-8-11-15;1-12(2)10(13)9(11)8-6-4-3-5-7-8;1-3-4-7(2)10(14)8(11)5-6-9(12)13;;/h6-8,10-11,14,18-19,25H,5,9,12-13H2,1-4H3,(H,21,24);3-7,9H,11H2,1-2H3;7,10,14H,3-6H2,1-2H3,(H,12,13);1H4;1H/t14?,18-,19?;9-;;;/m00.../s1. The van der Waals surface area contributed by atoms with Crippen molar-refractivity contribution < 1.29 is 44.1 Å². The molecule has 312 valence electrons. The Morgan fingerprint density at radius 1 is 0.655 bits per heavy atom. The van der Waals surface area contributed by atoms with E-state index in [2.05, 4.69) is 5.32 Å². The summed E-state index contributed by atoms with van der Waals surface area (Å²) in [5.74, 6) is -2.63. The highest BCUT2D eigenvalue weighted by molar-refractivity contribution is 5.91. The minimum absolute atomic E-state index is 0. The largest absolute Gasteiger partial charge is 0.481 e. The third-order valence-corrected chi connectivity index (χ3v) is 8.40. The van der Waals surface area contributed by atoms with Crippen LogP contribution >= 0.6 is 12.4 Å². The van der Waals surface area contributed by atoms with E-state index < -0.39 is 36.2 Å². The van der Waals surface area contributed by atoms with Crippen LogP contribution in [0.4, 0.5) is 0 Å². The molecular weight excluding hydrogens is 728 g/mol. The van der Waals surface area contributed by atoms with Crippen molar-refractivity contribution in [3.63, 3.8) is 0 Å². The third-order valence-electron chi connectivity index (χ3n) is 8.40. The molecule has 2 aromatic rings. The van der Waals surface area contributed by atoms with Crippen molar-refractivity contribution in [1.29, 1.82) is 0 Å². The number of rotatable bonds is 19. The van der Waals surface area contributed by atoms with Crippen LogP contribution < -0.4 is 11.1 Å². The first kappa shape index (κ1) is 55.2. The molecule has 0 spiro atoms. The van der Waals surface area contributed by atoms with Gasteiger partial charge in [-0.3, -0.25) is 28.8 Å². The topological polar surface area (TPSA) is 208 Å². The Kier molecular flexibility index (Phi) is 30.2. The van der Waals surface area contributed by atoms with Gasteiger partial charge in [0.2, 0.25) is 17.7 Å². The van der Waals surface area contributed by atoms with Crippen LogP contribution in [0.2, 0.25) is 0 Å². The number of nitrogens with one attached hydrogen (secondary N) is 1. The lowest BCUT2D eigenvalue weighted by atomic mass is 9.94. The van der Waals surface area contributed by atoms with E-state index >= 15 is 0 Å². The molecule has 0 radical (unpaired) electrons. The first-order chi connectivity index (χ1) is 24.9. The van der Waals surface area contributed by atoms with Gasteiger partial charge in [0, 0.05) is 47.5 Å². The highest BCUT2D eigenvalue weighted by Crippen LogP contribution is 2.17. The van der Waals surface area contributed by atoms with Crippen LogP contribution in [0.1, 0.15) is 110 Å². The number of aliphatic hydroxyl groups is 2. The number of aliphatic hydroxyl groups excluding tert-OH is 2. The van der Waals surface area contributed by atoms with E-state index in [1.54, 1.807) is 59.4 Å². The molecule has 6 atom stereocenters. The molecule has 4 unspecified atom stereocenters. The molecule has 0 aliphatic carbocycles. The Morgan fingerprint density at radius 2 is 1.04 bits per heavy atom. The van der Waals surface area contributed by atoms with Crippen molar-refractivity contribution in [2.45, 2.75) is 111 Å². The Morgan fingerprint density at radius 3 is 1.40 bits per heavy atom. The number of nitrogens with zero attached hydrogens (tertiary/aromatic N) is 2. The first-order valence-electron chi connectivity index (χ1n) is 18.1. The number of Topliss-reactive ketones (excluding diaryl/α,β-unsaturated/α-hetero) is 2. The Balaban J connectivity index is -0.000000792. The number of nitrogens with two attached hydrogens (primary N) is 1. The molecule has 0 heterocycles. The second-order valence-corrected chi connectivity index (χ2v) is 13.5.